The molecule has 0 saturated carbocycles. The Morgan fingerprint density at radius 3 is 2.50 bits per heavy atom. The summed E-state index contributed by atoms with van der Waals surface area (Å²) >= 11 is 0. The van der Waals surface area contributed by atoms with E-state index in [-0.39, 0.29) is 18.2 Å². The molecule has 7 nitrogen and oxygen atoms in total. The first-order chi connectivity index (χ1) is 12.5. The van der Waals surface area contributed by atoms with Gasteiger partial charge >= 0.3 is 0 Å². The van der Waals surface area contributed by atoms with Gasteiger partial charge in [0.05, 0.1) is 10.6 Å². The van der Waals surface area contributed by atoms with Crippen LogP contribution in [-0.2, 0) is 14.6 Å². The average Bonchev–Trinajstić information content (AvgIpc) is 3.18. The van der Waals surface area contributed by atoms with Crippen molar-refractivity contribution < 1.29 is 13.2 Å². The molecule has 0 atom stereocenters. The number of hydrogen-bond donors (Lipinski definition) is 2. The highest BCUT2D eigenvalue weighted by Gasteiger charge is 2.17. The Hall–Kier alpha value is -2.09. The van der Waals surface area contributed by atoms with Crippen LogP contribution in [0.3, 0.4) is 0 Å². The molecule has 0 spiro atoms. The predicted molar refractivity (Wildman–Crippen MR) is 103 cm³/mol. The van der Waals surface area contributed by atoms with Crippen molar-refractivity contribution in [3.05, 3.63) is 30.3 Å². The molecule has 1 aliphatic heterocycles. The molecule has 1 aromatic rings. The zero-order valence-corrected chi connectivity index (χ0v) is 16.1. The third kappa shape index (κ3) is 6.33. The fourth-order valence-electron chi connectivity index (χ4n) is 2.77. The van der Waals surface area contributed by atoms with Crippen LogP contribution in [0, 0.1) is 0 Å². The van der Waals surface area contributed by atoms with E-state index < -0.39 is 9.84 Å². The van der Waals surface area contributed by atoms with Gasteiger partial charge in [0.2, 0.25) is 5.91 Å². The second-order valence-corrected chi connectivity index (χ2v) is 8.30. The molecule has 1 amide bonds. The maximum Gasteiger partial charge on any atom is 0.244 e. The Bertz CT molecular complexity index is 698. The molecule has 26 heavy (non-hydrogen) atoms. The van der Waals surface area contributed by atoms with Crippen LogP contribution < -0.4 is 10.6 Å². The number of nitrogens with zero attached hydrogens (tertiary/aromatic N) is 2. The maximum absolute atomic E-state index is 12.2. The summed E-state index contributed by atoms with van der Waals surface area (Å²) in [6.45, 7) is 4.82. The van der Waals surface area contributed by atoms with E-state index in [0.29, 0.717) is 30.4 Å². The summed E-state index contributed by atoms with van der Waals surface area (Å²) < 4.78 is 24.5. The highest BCUT2D eigenvalue weighted by atomic mass is 32.2. The van der Waals surface area contributed by atoms with Crippen LogP contribution in [0.2, 0.25) is 0 Å². The number of carbonyl (C=O) groups excluding carboxylic acids is 1. The fraction of sp³-hybridized carbons (Fsp3) is 0.556. The predicted octanol–water partition coefficient (Wildman–Crippen LogP) is 1.03. The first-order valence-electron chi connectivity index (χ1n) is 9.10. The summed E-state index contributed by atoms with van der Waals surface area (Å²) in [5, 5.41) is 6.17. The lowest BCUT2D eigenvalue weighted by Gasteiger charge is -2.15. The third-order valence-electron chi connectivity index (χ3n) is 4.16. The van der Waals surface area contributed by atoms with Crippen molar-refractivity contribution in [1.29, 1.82) is 0 Å². The van der Waals surface area contributed by atoms with Crippen molar-refractivity contribution in [3.8, 4) is 0 Å². The lowest BCUT2D eigenvalue weighted by molar-refractivity contribution is -0.128. The summed E-state index contributed by atoms with van der Waals surface area (Å²) in [4.78, 5) is 18.5. The first kappa shape index (κ1) is 20.2. The Kier molecular flexibility index (Phi) is 7.90. The second kappa shape index (κ2) is 10.2. The number of nitrogens with one attached hydrogen (secondary N) is 2. The van der Waals surface area contributed by atoms with Crippen molar-refractivity contribution in [2.24, 2.45) is 4.99 Å². The SMILES string of the molecule is CCNC(=NCC(=O)N1CCCC1)NCCCS(=O)(=O)c1ccccc1. The number of hydrogen-bond acceptors (Lipinski definition) is 4. The molecule has 1 aliphatic rings. The molecule has 0 aromatic heterocycles. The van der Waals surface area contributed by atoms with E-state index in [1.165, 1.54) is 0 Å². The zero-order chi connectivity index (χ0) is 18.8. The molecular weight excluding hydrogens is 352 g/mol. The Morgan fingerprint density at radius 1 is 1.15 bits per heavy atom. The highest BCUT2D eigenvalue weighted by molar-refractivity contribution is 7.91. The minimum absolute atomic E-state index is 0.0337. The van der Waals surface area contributed by atoms with E-state index >= 15 is 0 Å². The number of amides is 1. The topological polar surface area (TPSA) is 90.9 Å². The molecule has 2 rings (SSSR count). The number of carbonyl (C=O) groups is 1. The number of rotatable bonds is 8. The van der Waals surface area contributed by atoms with Gasteiger partial charge in [-0.25, -0.2) is 13.4 Å². The largest absolute Gasteiger partial charge is 0.357 e. The normalized spacial score (nSPS) is 15.1. The third-order valence-corrected chi connectivity index (χ3v) is 5.98. The van der Waals surface area contributed by atoms with Gasteiger partial charge in [0.1, 0.15) is 6.54 Å². The van der Waals surface area contributed by atoms with Crippen LogP contribution in [0.15, 0.2) is 40.2 Å². The lowest BCUT2D eigenvalue weighted by atomic mass is 10.4. The summed E-state index contributed by atoms with van der Waals surface area (Å²) in [6.07, 6.45) is 2.58. The minimum Gasteiger partial charge on any atom is -0.357 e. The molecule has 1 aromatic carbocycles. The van der Waals surface area contributed by atoms with Gasteiger partial charge in [0.15, 0.2) is 15.8 Å². The zero-order valence-electron chi connectivity index (χ0n) is 15.3. The molecule has 0 aliphatic carbocycles. The Balaban J connectivity index is 1.78. The first-order valence-corrected chi connectivity index (χ1v) is 10.8. The highest BCUT2D eigenvalue weighted by Crippen LogP contribution is 2.10. The van der Waals surface area contributed by atoms with E-state index in [1.54, 1.807) is 30.3 Å². The summed E-state index contributed by atoms with van der Waals surface area (Å²) in [5.41, 5.74) is 0. The lowest BCUT2D eigenvalue weighted by Crippen LogP contribution is -2.39. The van der Waals surface area contributed by atoms with Crippen molar-refractivity contribution in [3.63, 3.8) is 0 Å². The average molecular weight is 381 g/mol. The number of likely N-dealkylation sites (tertiary alicyclic amines) is 1. The van der Waals surface area contributed by atoms with Crippen molar-refractivity contribution in [1.82, 2.24) is 15.5 Å². The molecule has 1 heterocycles. The van der Waals surface area contributed by atoms with Gasteiger partial charge in [0, 0.05) is 26.2 Å². The number of benzene rings is 1. The van der Waals surface area contributed by atoms with E-state index in [9.17, 15) is 13.2 Å². The Morgan fingerprint density at radius 2 is 1.85 bits per heavy atom. The second-order valence-electron chi connectivity index (χ2n) is 6.20. The molecule has 8 heteroatoms. The van der Waals surface area contributed by atoms with Gasteiger partial charge in [-0.05, 0) is 38.3 Å². The van der Waals surface area contributed by atoms with Crippen LogP contribution in [-0.4, -0.2) is 63.7 Å². The summed E-state index contributed by atoms with van der Waals surface area (Å²) in [7, 11) is -3.27. The molecular formula is C18H28N4O3S. The number of aliphatic imine (C=N–C) groups is 1. The summed E-state index contributed by atoms with van der Waals surface area (Å²) in [5.74, 6) is 0.638. The number of sulfone groups is 1. The standard InChI is InChI=1S/C18H28N4O3S/c1-2-19-18(21-15-17(23)22-12-6-7-13-22)20-11-8-14-26(24,25)16-9-4-3-5-10-16/h3-5,9-10H,2,6-8,11-15H2,1H3,(H2,19,20,21). The van der Waals surface area contributed by atoms with E-state index in [0.717, 1.165) is 25.9 Å². The van der Waals surface area contributed by atoms with Gasteiger partial charge < -0.3 is 15.5 Å². The number of guanidine groups is 1. The van der Waals surface area contributed by atoms with Gasteiger partial charge in [0.25, 0.3) is 0 Å². The van der Waals surface area contributed by atoms with Crippen LogP contribution in [0.25, 0.3) is 0 Å². The monoisotopic (exact) mass is 380 g/mol. The summed E-state index contributed by atoms with van der Waals surface area (Å²) in [6, 6.07) is 8.45. The molecule has 0 unspecified atom stereocenters. The molecule has 0 radical (unpaired) electrons. The molecule has 2 N–H and O–H groups in total. The fourth-order valence-corrected chi connectivity index (χ4v) is 4.10. The van der Waals surface area contributed by atoms with Gasteiger partial charge in [-0.2, -0.15) is 0 Å². The Labute approximate surface area is 155 Å². The molecule has 1 saturated heterocycles. The van der Waals surface area contributed by atoms with E-state index in [2.05, 4.69) is 15.6 Å². The smallest absolute Gasteiger partial charge is 0.244 e. The van der Waals surface area contributed by atoms with Crippen LogP contribution in [0.1, 0.15) is 26.2 Å². The van der Waals surface area contributed by atoms with Crippen LogP contribution >= 0.6 is 0 Å². The van der Waals surface area contributed by atoms with Crippen LogP contribution in [0.5, 0.6) is 0 Å². The molecule has 144 valence electrons. The van der Waals surface area contributed by atoms with Crippen molar-refractivity contribution in [2.75, 3.05) is 38.5 Å². The molecule has 0 bridgehead atoms. The van der Waals surface area contributed by atoms with Gasteiger partial charge in [-0.1, -0.05) is 18.2 Å². The maximum atomic E-state index is 12.2. The molecule has 1 fully saturated rings. The quantitative estimate of drug-likeness (QED) is 0.399. The van der Waals surface area contributed by atoms with Gasteiger partial charge in [-0.15, -0.1) is 0 Å². The van der Waals surface area contributed by atoms with E-state index in [1.807, 2.05) is 11.8 Å². The van der Waals surface area contributed by atoms with E-state index in [4.69, 9.17) is 0 Å². The van der Waals surface area contributed by atoms with Gasteiger partial charge in [-0.3, -0.25) is 4.79 Å². The van der Waals surface area contributed by atoms with Crippen molar-refractivity contribution in [2.45, 2.75) is 31.1 Å². The minimum atomic E-state index is -3.27. The van der Waals surface area contributed by atoms with Crippen LogP contribution in [0.4, 0.5) is 0 Å². The van der Waals surface area contributed by atoms with Crippen molar-refractivity contribution >= 4 is 21.7 Å².